The Bertz CT molecular complexity index is 323. The van der Waals surface area contributed by atoms with E-state index in [0.717, 1.165) is 6.42 Å². The van der Waals surface area contributed by atoms with E-state index in [1.807, 2.05) is 0 Å². The highest BCUT2D eigenvalue weighted by Crippen LogP contribution is 2.21. The zero-order chi connectivity index (χ0) is 13.0. The predicted octanol–water partition coefficient (Wildman–Crippen LogP) is 1.40. The number of carboxylic acid groups (broad SMARTS) is 1. The molecule has 0 bridgehead atoms. The average Bonchev–Trinajstić information content (AvgIpc) is 2.26. The summed E-state index contributed by atoms with van der Waals surface area (Å²) < 4.78 is 5.17. The van der Waals surface area contributed by atoms with Crippen molar-refractivity contribution in [1.82, 2.24) is 0 Å². The van der Waals surface area contributed by atoms with Crippen molar-refractivity contribution in [1.29, 1.82) is 0 Å². The summed E-state index contributed by atoms with van der Waals surface area (Å²) in [5, 5.41) is 8.79. The first-order valence-electron chi connectivity index (χ1n) is 5.86. The van der Waals surface area contributed by atoms with Crippen LogP contribution in [0.25, 0.3) is 0 Å². The molecule has 1 N–H and O–H groups in total. The molecule has 1 fully saturated rings. The maximum atomic E-state index is 11.7. The lowest BCUT2D eigenvalue weighted by Gasteiger charge is -2.23. The van der Waals surface area contributed by atoms with Gasteiger partial charge in [-0.25, -0.2) is 0 Å². The quantitative estimate of drug-likeness (QED) is 0.753. The first kappa shape index (κ1) is 13.7. The third kappa shape index (κ3) is 3.84. The number of ether oxygens (including phenoxy) is 1. The number of Topliss-reactive ketones (excluding diaryl/α,β-unsaturated/α-hetero) is 1. The van der Waals surface area contributed by atoms with Crippen molar-refractivity contribution < 1.29 is 24.2 Å². The summed E-state index contributed by atoms with van der Waals surface area (Å²) in [7, 11) is 0. The van der Waals surface area contributed by atoms with Gasteiger partial charge in [0.05, 0.1) is 11.8 Å². The van der Waals surface area contributed by atoms with Crippen molar-refractivity contribution in [2.45, 2.75) is 45.6 Å². The van der Waals surface area contributed by atoms with Gasteiger partial charge in [0.15, 0.2) is 0 Å². The van der Waals surface area contributed by atoms with Crippen LogP contribution in [0.3, 0.4) is 0 Å². The van der Waals surface area contributed by atoms with Gasteiger partial charge in [-0.15, -0.1) is 0 Å². The standard InChI is InChI=1S/C12H18O5/c1-7(11(14)15)8(2)12(16)17-10-5-3-4-9(13)6-10/h7-8,10H,3-6H2,1-2H3,(H,14,15). The molecule has 17 heavy (non-hydrogen) atoms. The third-order valence-electron chi connectivity index (χ3n) is 3.23. The van der Waals surface area contributed by atoms with Gasteiger partial charge in [-0.3, -0.25) is 14.4 Å². The molecule has 0 heterocycles. The monoisotopic (exact) mass is 242 g/mol. The Kier molecular flexibility index (Phi) is 4.66. The van der Waals surface area contributed by atoms with Gasteiger partial charge >= 0.3 is 11.9 Å². The van der Waals surface area contributed by atoms with Gasteiger partial charge in [-0.05, 0) is 12.8 Å². The first-order chi connectivity index (χ1) is 7.91. The van der Waals surface area contributed by atoms with E-state index in [1.165, 1.54) is 13.8 Å². The topological polar surface area (TPSA) is 80.7 Å². The second kappa shape index (κ2) is 5.80. The van der Waals surface area contributed by atoms with Crippen LogP contribution in [0.2, 0.25) is 0 Å². The Morgan fingerprint density at radius 2 is 2.00 bits per heavy atom. The lowest BCUT2D eigenvalue weighted by Crippen LogP contribution is -2.32. The minimum atomic E-state index is -1.02. The largest absolute Gasteiger partial charge is 0.481 e. The van der Waals surface area contributed by atoms with E-state index < -0.39 is 23.8 Å². The summed E-state index contributed by atoms with van der Waals surface area (Å²) in [6, 6.07) is 0. The molecule has 0 aromatic carbocycles. The summed E-state index contributed by atoms with van der Waals surface area (Å²) in [4.78, 5) is 33.6. The Labute approximate surface area is 100 Å². The maximum absolute atomic E-state index is 11.7. The van der Waals surface area contributed by atoms with Gasteiger partial charge < -0.3 is 9.84 Å². The van der Waals surface area contributed by atoms with Crippen LogP contribution in [0.15, 0.2) is 0 Å². The molecule has 96 valence electrons. The van der Waals surface area contributed by atoms with Gasteiger partial charge in [0, 0.05) is 12.8 Å². The Morgan fingerprint density at radius 1 is 1.35 bits per heavy atom. The number of carbonyl (C=O) groups excluding carboxylic acids is 2. The van der Waals surface area contributed by atoms with E-state index >= 15 is 0 Å². The van der Waals surface area contributed by atoms with E-state index in [0.29, 0.717) is 12.8 Å². The molecular formula is C12H18O5. The molecule has 1 aliphatic carbocycles. The maximum Gasteiger partial charge on any atom is 0.309 e. The Hall–Kier alpha value is -1.39. The molecule has 0 saturated heterocycles. The lowest BCUT2D eigenvalue weighted by molar-refractivity contribution is -0.162. The van der Waals surface area contributed by atoms with Crippen LogP contribution in [0.4, 0.5) is 0 Å². The molecule has 0 amide bonds. The first-order valence-corrected chi connectivity index (χ1v) is 5.86. The third-order valence-corrected chi connectivity index (χ3v) is 3.23. The van der Waals surface area contributed by atoms with E-state index in [1.54, 1.807) is 0 Å². The van der Waals surface area contributed by atoms with Crippen LogP contribution in [0, 0.1) is 11.8 Å². The second-order valence-corrected chi connectivity index (χ2v) is 4.61. The molecule has 0 radical (unpaired) electrons. The van der Waals surface area contributed by atoms with E-state index in [-0.39, 0.29) is 18.3 Å². The molecule has 0 aromatic heterocycles. The zero-order valence-corrected chi connectivity index (χ0v) is 10.1. The molecule has 1 saturated carbocycles. The second-order valence-electron chi connectivity index (χ2n) is 4.61. The summed E-state index contributed by atoms with van der Waals surface area (Å²) in [6.07, 6.45) is 1.87. The molecule has 5 heteroatoms. The molecule has 1 rings (SSSR count). The summed E-state index contributed by atoms with van der Waals surface area (Å²) in [6.45, 7) is 3.01. The molecule has 0 spiro atoms. The van der Waals surface area contributed by atoms with E-state index in [2.05, 4.69) is 0 Å². The fraction of sp³-hybridized carbons (Fsp3) is 0.750. The minimum absolute atomic E-state index is 0.105. The van der Waals surface area contributed by atoms with Gasteiger partial charge in [0.1, 0.15) is 11.9 Å². The zero-order valence-electron chi connectivity index (χ0n) is 10.1. The SMILES string of the molecule is CC(C(=O)O)C(C)C(=O)OC1CCCC(=O)C1. The number of carboxylic acids is 1. The van der Waals surface area contributed by atoms with Crippen LogP contribution in [0.1, 0.15) is 39.5 Å². The summed E-state index contributed by atoms with van der Waals surface area (Å²) >= 11 is 0. The highest BCUT2D eigenvalue weighted by atomic mass is 16.5. The van der Waals surface area contributed by atoms with E-state index in [4.69, 9.17) is 9.84 Å². The number of hydrogen-bond acceptors (Lipinski definition) is 4. The highest BCUT2D eigenvalue weighted by Gasteiger charge is 2.30. The number of rotatable bonds is 4. The lowest BCUT2D eigenvalue weighted by atomic mass is 9.94. The molecule has 5 nitrogen and oxygen atoms in total. The fourth-order valence-corrected chi connectivity index (χ4v) is 1.78. The van der Waals surface area contributed by atoms with Crippen LogP contribution < -0.4 is 0 Å². The number of aliphatic carboxylic acids is 1. The summed E-state index contributed by atoms with van der Waals surface area (Å²) in [5.74, 6) is -2.91. The Morgan fingerprint density at radius 3 is 2.53 bits per heavy atom. The van der Waals surface area contributed by atoms with Crippen molar-refractivity contribution in [2.24, 2.45) is 11.8 Å². The van der Waals surface area contributed by atoms with Crippen molar-refractivity contribution in [2.75, 3.05) is 0 Å². The van der Waals surface area contributed by atoms with Crippen molar-refractivity contribution in [3.63, 3.8) is 0 Å². The van der Waals surface area contributed by atoms with Gasteiger partial charge in [0.25, 0.3) is 0 Å². The van der Waals surface area contributed by atoms with Gasteiger partial charge in [-0.1, -0.05) is 13.8 Å². The number of ketones is 1. The number of esters is 1. The molecule has 0 aromatic rings. The van der Waals surface area contributed by atoms with Crippen molar-refractivity contribution >= 4 is 17.7 Å². The average molecular weight is 242 g/mol. The van der Waals surface area contributed by atoms with Gasteiger partial charge in [0.2, 0.25) is 0 Å². The molecule has 3 atom stereocenters. The number of hydrogen-bond donors (Lipinski definition) is 1. The van der Waals surface area contributed by atoms with Gasteiger partial charge in [-0.2, -0.15) is 0 Å². The fourth-order valence-electron chi connectivity index (χ4n) is 1.78. The van der Waals surface area contributed by atoms with Crippen molar-refractivity contribution in [3.05, 3.63) is 0 Å². The Balaban J connectivity index is 2.48. The van der Waals surface area contributed by atoms with Crippen LogP contribution in [-0.4, -0.2) is 28.9 Å². The van der Waals surface area contributed by atoms with Crippen molar-refractivity contribution in [3.8, 4) is 0 Å². The van der Waals surface area contributed by atoms with Crippen LogP contribution in [-0.2, 0) is 19.1 Å². The summed E-state index contributed by atoms with van der Waals surface area (Å²) in [5.41, 5.74) is 0. The smallest absolute Gasteiger partial charge is 0.309 e. The normalized spacial score (nSPS) is 23.9. The molecule has 0 aliphatic heterocycles. The number of carbonyl (C=O) groups is 3. The van der Waals surface area contributed by atoms with E-state index in [9.17, 15) is 14.4 Å². The predicted molar refractivity (Wildman–Crippen MR) is 59.3 cm³/mol. The molecular weight excluding hydrogens is 224 g/mol. The van der Waals surface area contributed by atoms with Crippen LogP contribution in [0.5, 0.6) is 0 Å². The highest BCUT2D eigenvalue weighted by molar-refractivity contribution is 5.82. The minimum Gasteiger partial charge on any atom is -0.481 e. The van der Waals surface area contributed by atoms with Crippen LogP contribution >= 0.6 is 0 Å². The molecule has 3 unspecified atom stereocenters. The molecule has 1 aliphatic rings.